The van der Waals surface area contributed by atoms with Gasteiger partial charge in [0.05, 0.1) is 33.2 Å². The van der Waals surface area contributed by atoms with Crippen LogP contribution in [0.1, 0.15) is 96.3 Å². The summed E-state index contributed by atoms with van der Waals surface area (Å²) in [5, 5.41) is 15.7. The van der Waals surface area contributed by atoms with Gasteiger partial charge in [-0.15, -0.1) is 0 Å². The minimum absolute atomic E-state index is 0.0157. The molecule has 1 aliphatic heterocycles. The average Bonchev–Trinajstić information content (AvgIpc) is 4.18. The van der Waals surface area contributed by atoms with Gasteiger partial charge in [0.15, 0.2) is 21.4 Å². The van der Waals surface area contributed by atoms with Crippen LogP contribution in [0, 0.1) is 5.92 Å². The van der Waals surface area contributed by atoms with E-state index in [1.165, 1.54) is 74.2 Å². The number of anilines is 3. The maximum Gasteiger partial charge on any atom is 0.407 e. The Morgan fingerprint density at radius 1 is 0.688 bits per heavy atom. The summed E-state index contributed by atoms with van der Waals surface area (Å²) >= 11 is 0. The van der Waals surface area contributed by atoms with Crippen molar-refractivity contribution in [3.05, 3.63) is 137 Å². The van der Waals surface area contributed by atoms with Gasteiger partial charge in [0.1, 0.15) is 41.7 Å². The molecule has 0 radical (unpaired) electrons. The Labute approximate surface area is 461 Å². The third-order valence-electron chi connectivity index (χ3n) is 14.3. The number of nitrogens with one attached hydrogen (secondary N) is 6. The first-order valence-electron chi connectivity index (χ1n) is 25.7. The minimum atomic E-state index is -5.04. The van der Waals surface area contributed by atoms with Gasteiger partial charge in [-0.2, -0.15) is 8.42 Å². The number of sulfone groups is 1. The summed E-state index contributed by atoms with van der Waals surface area (Å²) in [5.74, 6) is -6.14. The van der Waals surface area contributed by atoms with E-state index >= 15 is 0 Å². The molecule has 5 aromatic carbocycles. The van der Waals surface area contributed by atoms with Gasteiger partial charge in [-0.3, -0.25) is 38.1 Å². The zero-order chi connectivity index (χ0) is 58.0. The Kier molecular flexibility index (Phi) is 16.9. The first-order chi connectivity index (χ1) is 37.9. The Bertz CT molecular complexity index is 3540. The van der Waals surface area contributed by atoms with Gasteiger partial charge >= 0.3 is 6.09 Å². The lowest BCUT2D eigenvalue weighted by atomic mass is 9.82. The molecule has 5 atom stereocenters. The van der Waals surface area contributed by atoms with Crippen molar-refractivity contribution < 1.29 is 64.5 Å². The molecule has 2 aliphatic carbocycles. The molecule has 8 rings (SSSR count). The minimum Gasteiger partial charge on any atom is -0.449 e. The number of hydrogen-bond donors (Lipinski definition) is 8. The zero-order valence-corrected chi connectivity index (χ0v) is 45.8. The van der Waals surface area contributed by atoms with Gasteiger partial charge in [0.2, 0.25) is 29.5 Å². The summed E-state index contributed by atoms with van der Waals surface area (Å²) in [5.41, 5.74) is 8.60. The Hall–Kier alpha value is -8.48. The van der Waals surface area contributed by atoms with Gasteiger partial charge in [-0.25, -0.2) is 13.2 Å². The second-order valence-corrected chi connectivity index (χ2v) is 23.6. The van der Waals surface area contributed by atoms with E-state index in [0.29, 0.717) is 6.42 Å². The molecule has 22 nitrogen and oxygen atoms in total. The predicted molar refractivity (Wildman–Crippen MR) is 293 cm³/mol. The van der Waals surface area contributed by atoms with Crippen LogP contribution in [0.2, 0.25) is 0 Å². The standard InChI is InChI=1S/C56H60N8O14S2/c1-29(2)48(54(70)58-23-25-79(73,74)34-15-12-14-33(26-34)62-42-27-44(80(75,76)77)47(57)46-45(42)49(65)39-20-10-11-21-40(39)50(46)66)63-53(69)43-22-13-24-64(43)55(71)32(5)60-51(67)30(3)59-52(68)31(4)61-56(72)78-28-41-37-18-8-6-16-35(37)36-17-7-9-19-38(36)41/h6-12,14-21,26-27,29-32,41,43,48,62H,13,22-25,28,57H2,1-5H3,(H,58,70)(H,59,68)(H,60,67)(H,61,72)(H,63,69)(H,75,76,77). The summed E-state index contributed by atoms with van der Waals surface area (Å²) in [6, 6.07) is 22.0. The zero-order valence-electron chi connectivity index (χ0n) is 44.2. The van der Waals surface area contributed by atoms with Crippen LogP contribution in [0.15, 0.2) is 113 Å². The number of hydrogen-bond acceptors (Lipinski definition) is 15. The quantitative estimate of drug-likeness (QED) is 0.0420. The number of nitrogen functional groups attached to an aromatic ring is 1. The molecular formula is C56H60N8O14S2. The number of nitrogens with two attached hydrogens (primary N) is 1. The van der Waals surface area contributed by atoms with Crippen molar-refractivity contribution in [2.45, 2.75) is 93.4 Å². The number of likely N-dealkylation sites (tertiary alicyclic amines) is 1. The van der Waals surface area contributed by atoms with Gasteiger partial charge in [0.25, 0.3) is 10.1 Å². The highest BCUT2D eigenvalue weighted by Crippen LogP contribution is 2.45. The number of rotatable bonds is 19. The lowest BCUT2D eigenvalue weighted by molar-refractivity contribution is -0.142. The Balaban J connectivity index is 0.817. The number of benzene rings is 5. The largest absolute Gasteiger partial charge is 0.449 e. The van der Waals surface area contributed by atoms with Gasteiger partial charge in [-0.1, -0.05) is 92.7 Å². The molecule has 9 N–H and O–H groups in total. The van der Waals surface area contributed by atoms with Crippen molar-refractivity contribution in [2.24, 2.45) is 5.92 Å². The molecule has 0 bridgehead atoms. The highest BCUT2D eigenvalue weighted by molar-refractivity contribution is 7.91. The summed E-state index contributed by atoms with van der Waals surface area (Å²) in [6.45, 7) is 7.35. The summed E-state index contributed by atoms with van der Waals surface area (Å²) in [4.78, 5) is 108. The van der Waals surface area contributed by atoms with E-state index in [9.17, 15) is 59.7 Å². The number of amides is 6. The number of nitrogens with zero attached hydrogens (tertiary/aromatic N) is 1. The summed E-state index contributed by atoms with van der Waals surface area (Å²) in [7, 11) is -9.21. The molecule has 0 saturated carbocycles. The van der Waals surface area contributed by atoms with E-state index in [4.69, 9.17) is 10.5 Å². The van der Waals surface area contributed by atoms with E-state index in [1.807, 2.05) is 48.5 Å². The number of ketones is 2. The molecule has 5 unspecified atom stereocenters. The third kappa shape index (κ3) is 12.1. The molecule has 5 aromatic rings. The molecule has 1 fully saturated rings. The third-order valence-corrected chi connectivity index (χ3v) is 16.9. The summed E-state index contributed by atoms with van der Waals surface area (Å²) in [6.07, 6.45) is -0.159. The van der Waals surface area contributed by atoms with Gasteiger partial charge in [0, 0.05) is 35.8 Å². The van der Waals surface area contributed by atoms with Crippen LogP contribution >= 0.6 is 0 Å². The van der Waals surface area contributed by atoms with Crippen LogP contribution in [-0.4, -0.2) is 129 Å². The average molecular weight is 1130 g/mol. The molecule has 80 heavy (non-hydrogen) atoms. The van der Waals surface area contributed by atoms with Crippen LogP contribution in [0.4, 0.5) is 21.9 Å². The molecule has 6 amide bonds. The van der Waals surface area contributed by atoms with E-state index in [2.05, 4.69) is 31.9 Å². The highest BCUT2D eigenvalue weighted by atomic mass is 32.2. The molecule has 1 saturated heterocycles. The maximum atomic E-state index is 13.8. The Morgan fingerprint density at radius 2 is 1.25 bits per heavy atom. The molecule has 24 heteroatoms. The SMILES string of the molecule is CC(NC(=O)OCC1c2ccccc2-c2ccccc21)C(=O)NC(C)C(=O)NC(C)C(=O)N1CCCC1C(=O)NC(C(=O)NCCS(=O)(=O)c1cccc(Nc2cc(S(=O)(=O)O)c(N)c3c2C(=O)c2ccccc2C3=O)c1)C(C)C. The van der Waals surface area contributed by atoms with Crippen LogP contribution in [0.3, 0.4) is 0 Å². The van der Waals surface area contributed by atoms with Crippen LogP contribution in [-0.2, 0) is 48.7 Å². The van der Waals surface area contributed by atoms with Crippen molar-refractivity contribution in [2.75, 3.05) is 36.5 Å². The first kappa shape index (κ1) is 57.7. The van der Waals surface area contributed by atoms with Crippen molar-refractivity contribution in [3.8, 4) is 11.1 Å². The second-order valence-electron chi connectivity index (χ2n) is 20.1. The van der Waals surface area contributed by atoms with Gasteiger partial charge in [-0.05, 0) is 86.1 Å². The molecule has 1 heterocycles. The molecule has 0 aromatic heterocycles. The van der Waals surface area contributed by atoms with Crippen molar-refractivity contribution >= 4 is 84.2 Å². The van der Waals surface area contributed by atoms with E-state index in [-0.39, 0.29) is 58.5 Å². The number of ether oxygens (including phenoxy) is 1. The molecule has 3 aliphatic rings. The highest BCUT2D eigenvalue weighted by Gasteiger charge is 2.40. The monoisotopic (exact) mass is 1130 g/mol. The summed E-state index contributed by atoms with van der Waals surface area (Å²) < 4.78 is 67.7. The topological polar surface area (TPSA) is 336 Å². The van der Waals surface area contributed by atoms with E-state index < -0.39 is 132 Å². The van der Waals surface area contributed by atoms with Crippen LogP contribution in [0.25, 0.3) is 11.1 Å². The number of carbonyl (C=O) groups is 8. The van der Waals surface area contributed by atoms with E-state index in [1.54, 1.807) is 13.8 Å². The molecule has 420 valence electrons. The van der Waals surface area contributed by atoms with Crippen LogP contribution in [0.5, 0.6) is 0 Å². The van der Waals surface area contributed by atoms with Crippen LogP contribution < -0.4 is 37.6 Å². The Morgan fingerprint density at radius 3 is 1.85 bits per heavy atom. The number of alkyl carbamates (subject to hydrolysis) is 1. The van der Waals surface area contributed by atoms with Crippen molar-refractivity contribution in [1.29, 1.82) is 0 Å². The fraction of sp³-hybridized carbons (Fsp3) is 0.321. The normalized spacial score (nSPS) is 16.2. The maximum absolute atomic E-state index is 13.8. The molecular weight excluding hydrogens is 1070 g/mol. The second kappa shape index (κ2) is 23.5. The lowest BCUT2D eigenvalue weighted by Crippen LogP contribution is -2.58. The fourth-order valence-corrected chi connectivity index (χ4v) is 11.9. The predicted octanol–water partition coefficient (Wildman–Crippen LogP) is 3.99. The van der Waals surface area contributed by atoms with Crippen molar-refractivity contribution in [1.82, 2.24) is 31.5 Å². The number of fused-ring (bicyclic) bond motifs is 5. The molecule has 0 spiro atoms. The fourth-order valence-electron chi connectivity index (χ4n) is 10.1. The lowest BCUT2D eigenvalue weighted by Gasteiger charge is -2.30. The van der Waals surface area contributed by atoms with Crippen molar-refractivity contribution in [3.63, 3.8) is 0 Å². The number of carbonyl (C=O) groups excluding carboxylic acids is 8. The smallest absolute Gasteiger partial charge is 0.407 e. The van der Waals surface area contributed by atoms with E-state index in [0.717, 1.165) is 28.3 Å². The van der Waals surface area contributed by atoms with Gasteiger partial charge < -0.3 is 47.3 Å². The first-order valence-corrected chi connectivity index (χ1v) is 28.8.